The smallest absolute Gasteiger partial charge is 0.264 e. The number of thiophene rings is 1. The van der Waals surface area contributed by atoms with Crippen molar-refractivity contribution in [2.45, 2.75) is 52.4 Å². The molecule has 4 nitrogen and oxygen atoms in total. The van der Waals surface area contributed by atoms with E-state index in [1.54, 1.807) is 0 Å². The number of nitrogens with zero attached hydrogens (tertiary/aromatic N) is 4. The first-order chi connectivity index (χ1) is 37.0. The Bertz CT molecular complexity index is 5000. The third-order valence-corrected chi connectivity index (χ3v) is 18.6. The molecule has 0 radical (unpaired) electrons. The Morgan fingerprint density at radius 1 is 0.395 bits per heavy atom. The topological polar surface area (TPSA) is 17.5 Å². The van der Waals surface area contributed by atoms with Crippen molar-refractivity contribution in [2.75, 3.05) is 4.90 Å². The third-order valence-electron chi connectivity index (χ3n) is 17.4. The Balaban J connectivity index is 1.10. The van der Waals surface area contributed by atoms with Crippen LogP contribution in [0.25, 0.3) is 114 Å². The molecule has 10 aromatic carbocycles. The lowest BCUT2D eigenvalue weighted by Crippen LogP contribution is -2.59. The van der Waals surface area contributed by atoms with E-state index in [1.807, 2.05) is 11.3 Å². The molecule has 15 aromatic rings. The van der Waals surface area contributed by atoms with Crippen LogP contribution in [-0.2, 0) is 10.8 Å². The van der Waals surface area contributed by atoms with Crippen LogP contribution in [0, 0.1) is 0 Å². The number of fused-ring (bicyclic) bond motifs is 19. The minimum Gasteiger partial charge on any atom is -0.310 e. The lowest BCUT2D eigenvalue weighted by molar-refractivity contribution is 0.590. The first-order valence-corrected chi connectivity index (χ1v) is 27.7. The fourth-order valence-electron chi connectivity index (χ4n) is 13.9. The molecule has 76 heavy (non-hydrogen) atoms. The van der Waals surface area contributed by atoms with Crippen molar-refractivity contribution in [1.82, 2.24) is 13.5 Å². The summed E-state index contributed by atoms with van der Waals surface area (Å²) in [5.41, 5.74) is 22.7. The summed E-state index contributed by atoms with van der Waals surface area (Å²) in [5, 5.41) is 11.5. The van der Waals surface area contributed by atoms with Gasteiger partial charge in [0, 0.05) is 80.5 Å². The molecule has 0 unspecified atom stereocenters. The molecule has 0 fully saturated rings. The fraction of sp³-hybridized carbons (Fsp3) is 0.114. The predicted octanol–water partition coefficient (Wildman–Crippen LogP) is 17.1. The van der Waals surface area contributed by atoms with Gasteiger partial charge in [-0.3, -0.25) is 0 Å². The van der Waals surface area contributed by atoms with Crippen LogP contribution in [-0.4, -0.2) is 20.2 Å². The number of hydrogen-bond donors (Lipinski definition) is 0. The van der Waals surface area contributed by atoms with Crippen molar-refractivity contribution in [2.24, 2.45) is 0 Å². The van der Waals surface area contributed by atoms with Gasteiger partial charge in [0.05, 0.1) is 44.5 Å². The molecule has 0 amide bonds. The maximum absolute atomic E-state index is 2.72. The van der Waals surface area contributed by atoms with Gasteiger partial charge in [-0.05, 0) is 123 Å². The van der Waals surface area contributed by atoms with Crippen LogP contribution in [0.2, 0.25) is 0 Å². The number of hydrogen-bond acceptors (Lipinski definition) is 2. The summed E-state index contributed by atoms with van der Waals surface area (Å²) in [6.45, 7) is 14.0. The quantitative estimate of drug-likeness (QED) is 0.161. The highest BCUT2D eigenvalue weighted by Crippen LogP contribution is 2.53. The summed E-state index contributed by atoms with van der Waals surface area (Å²) in [6.07, 6.45) is 0. The monoisotopic (exact) mass is 990 g/mol. The predicted molar refractivity (Wildman–Crippen MR) is 327 cm³/mol. The van der Waals surface area contributed by atoms with Gasteiger partial charge in [0.25, 0.3) is 6.71 Å². The van der Waals surface area contributed by atoms with E-state index in [-0.39, 0.29) is 17.5 Å². The van der Waals surface area contributed by atoms with E-state index in [0.717, 1.165) is 0 Å². The second-order valence-corrected chi connectivity index (χ2v) is 24.8. The number of benzene rings is 10. The van der Waals surface area contributed by atoms with E-state index in [9.17, 15) is 0 Å². The molecule has 0 N–H and O–H groups in total. The largest absolute Gasteiger partial charge is 0.310 e. The van der Waals surface area contributed by atoms with Crippen molar-refractivity contribution in [3.05, 3.63) is 211 Å². The molecule has 0 saturated heterocycles. The molecular formula is C70H51BN4S. The summed E-state index contributed by atoms with van der Waals surface area (Å²) in [7, 11) is 0. The lowest BCUT2D eigenvalue weighted by atomic mass is 9.36. The first-order valence-electron chi connectivity index (χ1n) is 26.9. The molecule has 5 aromatic heterocycles. The molecule has 0 atom stereocenters. The minimum absolute atomic E-state index is 0.00200. The van der Waals surface area contributed by atoms with Crippen LogP contribution >= 0.6 is 11.3 Å². The molecule has 7 heterocycles. The van der Waals surface area contributed by atoms with Gasteiger partial charge in [-0.1, -0.05) is 163 Å². The van der Waals surface area contributed by atoms with Crippen molar-refractivity contribution in [3.8, 4) is 22.5 Å². The average molecular weight is 991 g/mol. The maximum Gasteiger partial charge on any atom is 0.264 e. The number of anilines is 3. The van der Waals surface area contributed by atoms with Gasteiger partial charge in [-0.2, -0.15) is 0 Å². The van der Waals surface area contributed by atoms with E-state index in [2.05, 4.69) is 260 Å². The molecular weight excluding hydrogens is 940 g/mol. The third kappa shape index (κ3) is 5.49. The summed E-state index contributed by atoms with van der Waals surface area (Å²) < 4.78 is 10.5. The maximum atomic E-state index is 2.72. The van der Waals surface area contributed by atoms with Gasteiger partial charge in [-0.25, -0.2) is 0 Å². The molecule has 2 aliphatic rings. The second-order valence-electron chi connectivity index (χ2n) is 23.7. The SMILES string of the molecule is CC(C)(C)c1ccc(N2c3c(sc4ccc(C(C)(C)C)cc34)B3c4c(cc5c(c42)c2cc(-c4ccccc4)cc4c6ccccc6n5c42)-n2c4cc5c6ccccc6n(-c6ccccc6)c5cc4c4cccc3c42)cc1. The highest BCUT2D eigenvalue weighted by atomic mass is 32.1. The molecule has 0 spiro atoms. The van der Waals surface area contributed by atoms with Gasteiger partial charge in [0.1, 0.15) is 0 Å². The van der Waals surface area contributed by atoms with E-state index in [0.29, 0.717) is 0 Å². The molecule has 2 aliphatic heterocycles. The van der Waals surface area contributed by atoms with Crippen LogP contribution in [0.1, 0.15) is 52.7 Å². The first kappa shape index (κ1) is 42.7. The van der Waals surface area contributed by atoms with E-state index < -0.39 is 0 Å². The standard InChI is InChI=1S/C70H51BN4S/c1-69(2,3)42-28-31-45(32-29-42)73-66-52-36-43(70(4,5)6)30-33-61(52)76-68(66)71-54-25-17-24-48-50-38-57-49(46-22-13-15-26-55(46)72(57)44-20-11-8-12-21-44)37-58(50)75(65(48)54)60-39-59-62(67(73)63(60)71)53-35-41(40-18-9-7-10-19-40)34-51-47-23-14-16-27-56(47)74(59)64(51)53/h7-39H,1-6H3. The van der Waals surface area contributed by atoms with E-state index in [4.69, 9.17) is 0 Å². The highest BCUT2D eigenvalue weighted by molar-refractivity contribution is 7.33. The van der Waals surface area contributed by atoms with Crippen molar-refractivity contribution in [3.63, 3.8) is 0 Å². The Morgan fingerprint density at radius 3 is 1.78 bits per heavy atom. The zero-order valence-electron chi connectivity index (χ0n) is 43.3. The molecule has 360 valence electrons. The van der Waals surface area contributed by atoms with Gasteiger partial charge in [0.2, 0.25) is 0 Å². The van der Waals surface area contributed by atoms with Crippen LogP contribution in [0.4, 0.5) is 17.1 Å². The van der Waals surface area contributed by atoms with E-state index in [1.165, 1.54) is 158 Å². The van der Waals surface area contributed by atoms with Crippen molar-refractivity contribution < 1.29 is 0 Å². The summed E-state index contributed by atoms with van der Waals surface area (Å²) in [4.78, 5) is 2.72. The summed E-state index contributed by atoms with van der Waals surface area (Å²) >= 11 is 1.99. The number of aromatic nitrogens is 3. The Hall–Kier alpha value is -8.58. The number of para-hydroxylation sites is 4. The summed E-state index contributed by atoms with van der Waals surface area (Å²) in [6, 6.07) is 76.6. The Labute approximate surface area is 444 Å². The Morgan fingerprint density at radius 2 is 1.03 bits per heavy atom. The van der Waals surface area contributed by atoms with Gasteiger partial charge in [0.15, 0.2) is 0 Å². The van der Waals surface area contributed by atoms with Crippen molar-refractivity contribution in [1.29, 1.82) is 0 Å². The van der Waals surface area contributed by atoms with E-state index >= 15 is 0 Å². The van der Waals surface area contributed by atoms with Crippen LogP contribution in [0.5, 0.6) is 0 Å². The number of rotatable bonds is 3. The van der Waals surface area contributed by atoms with Crippen LogP contribution in [0.3, 0.4) is 0 Å². The normalized spacial score (nSPS) is 13.6. The van der Waals surface area contributed by atoms with Gasteiger partial charge in [-0.15, -0.1) is 11.3 Å². The zero-order valence-corrected chi connectivity index (χ0v) is 44.1. The molecule has 0 saturated carbocycles. The van der Waals surface area contributed by atoms with Crippen LogP contribution < -0.4 is 20.6 Å². The summed E-state index contributed by atoms with van der Waals surface area (Å²) in [5.74, 6) is 0. The molecule has 6 heteroatoms. The van der Waals surface area contributed by atoms with Gasteiger partial charge >= 0.3 is 0 Å². The molecule has 17 rings (SSSR count). The molecule has 0 bridgehead atoms. The highest BCUT2D eigenvalue weighted by Gasteiger charge is 2.46. The molecule has 0 aliphatic carbocycles. The Kier molecular flexibility index (Phi) is 8.23. The average Bonchev–Trinajstić information content (AvgIpc) is 4.30. The van der Waals surface area contributed by atoms with Gasteiger partial charge < -0.3 is 18.4 Å². The lowest BCUT2D eigenvalue weighted by Gasteiger charge is -2.39. The zero-order chi connectivity index (χ0) is 50.7. The second kappa shape index (κ2) is 14.6. The van der Waals surface area contributed by atoms with Crippen LogP contribution in [0.15, 0.2) is 200 Å². The fourth-order valence-corrected chi connectivity index (χ4v) is 15.2. The van der Waals surface area contributed by atoms with Crippen molar-refractivity contribution >= 4 is 143 Å². The minimum atomic E-state index is -0.0362.